The Morgan fingerprint density at radius 2 is 1.83 bits per heavy atom. The van der Waals surface area contributed by atoms with Crippen molar-refractivity contribution in [2.75, 3.05) is 26.5 Å². The van der Waals surface area contributed by atoms with Gasteiger partial charge in [0.2, 0.25) is 0 Å². The van der Waals surface area contributed by atoms with E-state index in [9.17, 15) is 4.79 Å². The van der Waals surface area contributed by atoms with E-state index < -0.39 is 12.7 Å². The van der Waals surface area contributed by atoms with Crippen LogP contribution in [0.4, 0.5) is 4.79 Å². The summed E-state index contributed by atoms with van der Waals surface area (Å²) < 4.78 is 16.0. The number of nitrogens with zero attached hydrogens (tertiary/aromatic N) is 3. The van der Waals surface area contributed by atoms with Gasteiger partial charge in [0.05, 0.1) is 25.3 Å². The van der Waals surface area contributed by atoms with E-state index in [1.165, 1.54) is 34.6 Å². The van der Waals surface area contributed by atoms with Crippen LogP contribution in [0.3, 0.4) is 0 Å². The van der Waals surface area contributed by atoms with Gasteiger partial charge in [-0.3, -0.25) is 4.84 Å². The number of thioether (sulfide) groups is 1. The second kappa shape index (κ2) is 11.7. The van der Waals surface area contributed by atoms with Gasteiger partial charge < -0.3 is 9.05 Å². The van der Waals surface area contributed by atoms with Crippen LogP contribution < -0.4 is 0 Å². The Balaban J connectivity index is 2.13. The maximum Gasteiger partial charge on any atom is 0.446 e. The zero-order chi connectivity index (χ0) is 21.5. The van der Waals surface area contributed by atoms with Crippen molar-refractivity contribution in [2.45, 2.75) is 71.8 Å². The largest absolute Gasteiger partial charge is 0.446 e. The fourth-order valence-electron chi connectivity index (χ4n) is 3.26. The number of carbonyl (C=O) groups excluding carboxylic acids is 1. The first kappa shape index (κ1) is 25.4. The summed E-state index contributed by atoms with van der Waals surface area (Å²) in [6.45, 7) is 4.64. The van der Waals surface area contributed by atoms with Gasteiger partial charge in [0, 0.05) is 18.5 Å². The second-order valence-corrected chi connectivity index (χ2v) is 13.2. The summed E-state index contributed by atoms with van der Waals surface area (Å²) in [6, 6.07) is 0.224. The van der Waals surface area contributed by atoms with Gasteiger partial charge in [0.15, 0.2) is 0 Å². The lowest BCUT2D eigenvalue weighted by Crippen LogP contribution is -2.41. The van der Waals surface area contributed by atoms with Crippen molar-refractivity contribution in [3.05, 3.63) is 0 Å². The molecule has 1 aliphatic heterocycles. The number of carbonyl (C=O) groups is 1. The third-order valence-electron chi connectivity index (χ3n) is 5.71. The highest BCUT2D eigenvalue weighted by Crippen LogP contribution is 2.63. The van der Waals surface area contributed by atoms with Crippen molar-refractivity contribution >= 4 is 53.5 Å². The summed E-state index contributed by atoms with van der Waals surface area (Å²) in [6.07, 6.45) is 8.91. The Morgan fingerprint density at radius 1 is 1.24 bits per heavy atom. The van der Waals surface area contributed by atoms with Crippen LogP contribution in [0.1, 0.15) is 65.7 Å². The molecule has 1 amide bonds. The molecule has 0 spiro atoms. The van der Waals surface area contributed by atoms with Crippen molar-refractivity contribution < 1.29 is 18.7 Å². The van der Waals surface area contributed by atoms with Crippen molar-refractivity contribution in [1.29, 1.82) is 0 Å². The molecular weight excluding hydrogens is 449 g/mol. The minimum Gasteiger partial charge on any atom is -0.317 e. The summed E-state index contributed by atoms with van der Waals surface area (Å²) in [7, 11) is 1.67. The van der Waals surface area contributed by atoms with E-state index >= 15 is 0 Å². The van der Waals surface area contributed by atoms with E-state index in [0.717, 1.165) is 38.5 Å². The van der Waals surface area contributed by atoms with Crippen LogP contribution in [0.2, 0.25) is 0 Å². The van der Waals surface area contributed by atoms with Crippen LogP contribution in [0.25, 0.3) is 0 Å². The highest BCUT2D eigenvalue weighted by molar-refractivity contribution is 8.15. The molecule has 1 saturated heterocycles. The van der Waals surface area contributed by atoms with Crippen LogP contribution in [-0.2, 0) is 25.7 Å². The van der Waals surface area contributed by atoms with Gasteiger partial charge in [-0.15, -0.1) is 11.8 Å². The fraction of sp³-hybridized carbons (Fsp3) is 0.889. The summed E-state index contributed by atoms with van der Waals surface area (Å²) in [4.78, 5) is 17.4. The molecule has 1 aliphatic carbocycles. The van der Waals surface area contributed by atoms with Crippen molar-refractivity contribution in [1.82, 2.24) is 8.38 Å². The molecule has 2 aliphatic rings. The van der Waals surface area contributed by atoms with Crippen molar-refractivity contribution in [2.24, 2.45) is 10.6 Å². The lowest BCUT2D eigenvalue weighted by Gasteiger charge is -2.46. The highest BCUT2D eigenvalue weighted by Gasteiger charge is 2.45. The van der Waals surface area contributed by atoms with E-state index in [1.807, 2.05) is 10.3 Å². The lowest BCUT2D eigenvalue weighted by atomic mass is 9.84. The first-order chi connectivity index (χ1) is 13.8. The number of oxime groups is 1. The van der Waals surface area contributed by atoms with E-state index in [0.29, 0.717) is 18.3 Å². The Kier molecular flexibility index (Phi) is 10.3. The lowest BCUT2D eigenvalue weighted by molar-refractivity contribution is 0.0161. The van der Waals surface area contributed by atoms with Gasteiger partial charge in [-0.1, -0.05) is 38.3 Å². The topological polar surface area (TPSA) is 63.6 Å². The molecule has 0 aromatic heterocycles. The van der Waals surface area contributed by atoms with Gasteiger partial charge >= 0.3 is 6.09 Å². The maximum absolute atomic E-state index is 12.4. The van der Waals surface area contributed by atoms with E-state index in [2.05, 4.69) is 19.0 Å². The van der Waals surface area contributed by atoms with Crippen LogP contribution >= 0.6 is 30.5 Å². The number of hydrogen-bond donors (Lipinski definition) is 0. The molecule has 2 rings (SSSR count). The van der Waals surface area contributed by atoms with Gasteiger partial charge in [-0.2, -0.15) is 4.08 Å². The average molecular weight is 484 g/mol. The summed E-state index contributed by atoms with van der Waals surface area (Å²) in [5.41, 5.74) is 0.0279. The molecule has 2 fully saturated rings. The fourth-order valence-corrected chi connectivity index (χ4v) is 7.83. The Bertz CT molecular complexity index is 613. The standard InChI is InChI=1S/C18H34N3O4PS3/c1-6-18(7-2)13-23-26(27,24-14-18)21(16-11-9-8-10-12-16)29-20(4)17(22)25-19-15(3)28-5/h16H,6-14H2,1-5H3. The normalized spacial score (nSPS) is 22.5. The molecule has 1 saturated carbocycles. The molecule has 0 aromatic carbocycles. The Hall–Kier alpha value is 0.170. The number of amides is 1. The van der Waals surface area contributed by atoms with Crippen LogP contribution in [-0.4, -0.2) is 52.1 Å². The van der Waals surface area contributed by atoms with Gasteiger partial charge in [-0.05, 0) is 50.7 Å². The molecule has 7 nitrogen and oxygen atoms in total. The Labute approximate surface area is 189 Å². The second-order valence-electron chi connectivity index (χ2n) is 7.57. The van der Waals surface area contributed by atoms with Crippen molar-refractivity contribution in [3.63, 3.8) is 0 Å². The zero-order valence-corrected chi connectivity index (χ0v) is 21.4. The smallest absolute Gasteiger partial charge is 0.317 e. The van der Waals surface area contributed by atoms with Crippen LogP contribution in [0.15, 0.2) is 5.16 Å². The quantitative estimate of drug-likeness (QED) is 0.109. The summed E-state index contributed by atoms with van der Waals surface area (Å²) in [5.74, 6) is 0. The molecule has 0 unspecified atom stereocenters. The molecule has 0 N–H and O–H groups in total. The molecule has 29 heavy (non-hydrogen) atoms. The third kappa shape index (κ3) is 6.82. The van der Waals surface area contributed by atoms with Crippen LogP contribution in [0, 0.1) is 5.41 Å². The first-order valence-electron chi connectivity index (χ1n) is 10.2. The SMILES string of the molecule is CCC1(CC)COP(=S)(N(SN(C)C(=O)ON=C(C)SC)C2CCCCC2)OC1. The van der Waals surface area contributed by atoms with E-state index in [-0.39, 0.29) is 11.5 Å². The number of hydrogen-bond acceptors (Lipinski definition) is 8. The maximum atomic E-state index is 12.4. The molecule has 0 bridgehead atoms. The monoisotopic (exact) mass is 483 g/mol. The molecule has 0 radical (unpaired) electrons. The highest BCUT2D eigenvalue weighted by atomic mass is 32.5. The minimum absolute atomic E-state index is 0.0279. The zero-order valence-electron chi connectivity index (χ0n) is 18.1. The molecular formula is C18H34N3O4PS3. The van der Waals surface area contributed by atoms with E-state index in [4.69, 9.17) is 25.7 Å². The molecule has 168 valence electrons. The van der Waals surface area contributed by atoms with Crippen molar-refractivity contribution in [3.8, 4) is 0 Å². The predicted octanol–water partition coefficient (Wildman–Crippen LogP) is 6.03. The van der Waals surface area contributed by atoms with Gasteiger partial charge in [0.25, 0.3) is 6.64 Å². The molecule has 0 atom stereocenters. The summed E-state index contributed by atoms with van der Waals surface area (Å²) >= 11 is 8.62. The van der Waals surface area contributed by atoms with Gasteiger partial charge in [-0.25, -0.2) is 9.10 Å². The summed E-state index contributed by atoms with van der Waals surface area (Å²) in [5, 5.41) is 4.51. The molecule has 11 heteroatoms. The van der Waals surface area contributed by atoms with Crippen LogP contribution in [0.5, 0.6) is 0 Å². The molecule has 1 heterocycles. The minimum atomic E-state index is -2.70. The Morgan fingerprint density at radius 3 is 2.34 bits per heavy atom. The van der Waals surface area contributed by atoms with Gasteiger partial charge in [0.1, 0.15) is 5.04 Å². The average Bonchev–Trinajstić information content (AvgIpc) is 2.76. The third-order valence-corrected chi connectivity index (χ3v) is 11.3. The van der Waals surface area contributed by atoms with E-state index in [1.54, 1.807) is 14.0 Å². The molecule has 0 aromatic rings. The first-order valence-corrected chi connectivity index (χ1v) is 14.7. The number of rotatable bonds is 7. The predicted molar refractivity (Wildman–Crippen MR) is 126 cm³/mol.